The van der Waals surface area contributed by atoms with Crippen molar-refractivity contribution in [2.45, 2.75) is 45.4 Å². The molecule has 1 N–H and O–H groups in total. The normalized spacial score (nSPS) is 24.1. The zero-order chi connectivity index (χ0) is 12.8. The van der Waals surface area contributed by atoms with E-state index in [-0.39, 0.29) is 0 Å². The summed E-state index contributed by atoms with van der Waals surface area (Å²) in [5.41, 5.74) is 2.62. The molecule has 2 heteroatoms. The number of nitrogens with zero attached hydrogens (tertiary/aromatic N) is 1. The van der Waals surface area contributed by atoms with Crippen molar-refractivity contribution in [3.63, 3.8) is 0 Å². The van der Waals surface area contributed by atoms with E-state index in [1.54, 1.807) is 0 Å². The van der Waals surface area contributed by atoms with Crippen molar-refractivity contribution in [3.05, 3.63) is 29.6 Å². The SMILES string of the molecule is CCc1ccc(CC2CCCCC2CNC)nc1. The van der Waals surface area contributed by atoms with Gasteiger partial charge in [-0.2, -0.15) is 0 Å². The molecule has 1 fully saturated rings. The number of hydrogen-bond acceptors (Lipinski definition) is 2. The summed E-state index contributed by atoms with van der Waals surface area (Å²) < 4.78 is 0. The quantitative estimate of drug-likeness (QED) is 0.863. The third-order valence-electron chi connectivity index (χ3n) is 4.30. The largest absolute Gasteiger partial charge is 0.319 e. The summed E-state index contributed by atoms with van der Waals surface area (Å²) in [5.74, 6) is 1.67. The number of rotatable bonds is 5. The number of nitrogens with one attached hydrogen (secondary N) is 1. The Balaban J connectivity index is 1.96. The lowest BCUT2D eigenvalue weighted by atomic mass is 9.77. The van der Waals surface area contributed by atoms with Gasteiger partial charge >= 0.3 is 0 Å². The minimum Gasteiger partial charge on any atom is -0.319 e. The van der Waals surface area contributed by atoms with Gasteiger partial charge in [-0.3, -0.25) is 4.98 Å². The molecule has 1 aliphatic carbocycles. The van der Waals surface area contributed by atoms with E-state index in [2.05, 4.69) is 36.4 Å². The first-order valence-electron chi connectivity index (χ1n) is 7.42. The van der Waals surface area contributed by atoms with Gasteiger partial charge in [0.25, 0.3) is 0 Å². The average Bonchev–Trinajstić information content (AvgIpc) is 2.42. The number of aryl methyl sites for hydroxylation is 1. The lowest BCUT2D eigenvalue weighted by Crippen LogP contribution is -2.30. The molecule has 2 nitrogen and oxygen atoms in total. The maximum absolute atomic E-state index is 4.62. The molecule has 0 aliphatic heterocycles. The zero-order valence-electron chi connectivity index (χ0n) is 11.8. The number of hydrogen-bond donors (Lipinski definition) is 1. The molecule has 1 heterocycles. The molecule has 0 bridgehead atoms. The molecule has 1 aromatic rings. The van der Waals surface area contributed by atoms with Crippen molar-refractivity contribution in [1.29, 1.82) is 0 Å². The Morgan fingerprint density at radius 2 is 2.00 bits per heavy atom. The summed E-state index contributed by atoms with van der Waals surface area (Å²) in [7, 11) is 2.07. The van der Waals surface area contributed by atoms with Crippen LogP contribution in [0.4, 0.5) is 0 Å². The first-order valence-corrected chi connectivity index (χ1v) is 7.42. The average molecular weight is 246 g/mol. The minimum absolute atomic E-state index is 0.825. The van der Waals surface area contributed by atoms with Gasteiger partial charge in [0, 0.05) is 11.9 Å². The molecular weight excluding hydrogens is 220 g/mol. The van der Waals surface area contributed by atoms with Crippen LogP contribution < -0.4 is 5.32 Å². The van der Waals surface area contributed by atoms with E-state index < -0.39 is 0 Å². The van der Waals surface area contributed by atoms with Gasteiger partial charge < -0.3 is 5.32 Å². The van der Waals surface area contributed by atoms with Crippen LogP contribution in [0.3, 0.4) is 0 Å². The third-order valence-corrected chi connectivity index (χ3v) is 4.30. The molecule has 0 radical (unpaired) electrons. The van der Waals surface area contributed by atoms with Crippen LogP contribution in [0.5, 0.6) is 0 Å². The summed E-state index contributed by atoms with van der Waals surface area (Å²) in [4.78, 5) is 4.62. The van der Waals surface area contributed by atoms with Crippen molar-refractivity contribution < 1.29 is 0 Å². The lowest BCUT2D eigenvalue weighted by molar-refractivity contribution is 0.231. The van der Waals surface area contributed by atoms with Crippen LogP contribution in [0.25, 0.3) is 0 Å². The van der Waals surface area contributed by atoms with Crippen molar-refractivity contribution in [2.75, 3.05) is 13.6 Å². The Morgan fingerprint density at radius 3 is 2.61 bits per heavy atom. The highest BCUT2D eigenvalue weighted by Crippen LogP contribution is 2.31. The van der Waals surface area contributed by atoms with E-state index in [0.29, 0.717) is 0 Å². The molecule has 18 heavy (non-hydrogen) atoms. The Hall–Kier alpha value is -0.890. The van der Waals surface area contributed by atoms with Crippen LogP contribution in [0.15, 0.2) is 18.3 Å². The zero-order valence-corrected chi connectivity index (χ0v) is 11.8. The second kappa shape index (κ2) is 6.89. The molecule has 1 aliphatic rings. The van der Waals surface area contributed by atoms with Gasteiger partial charge in [-0.1, -0.05) is 25.8 Å². The molecule has 100 valence electrons. The van der Waals surface area contributed by atoms with E-state index >= 15 is 0 Å². The van der Waals surface area contributed by atoms with Crippen LogP contribution in [0.1, 0.15) is 43.9 Å². The number of pyridine rings is 1. The van der Waals surface area contributed by atoms with Crippen LogP contribution in [0.2, 0.25) is 0 Å². The first-order chi connectivity index (χ1) is 8.83. The number of aromatic nitrogens is 1. The predicted molar refractivity (Wildman–Crippen MR) is 76.7 cm³/mol. The Kier molecular flexibility index (Phi) is 5.18. The highest BCUT2D eigenvalue weighted by Gasteiger charge is 2.24. The van der Waals surface area contributed by atoms with Crippen molar-refractivity contribution >= 4 is 0 Å². The maximum Gasteiger partial charge on any atom is 0.0406 e. The van der Waals surface area contributed by atoms with Crippen molar-refractivity contribution in [2.24, 2.45) is 11.8 Å². The topological polar surface area (TPSA) is 24.9 Å². The standard InChI is InChI=1S/C16H26N2/c1-3-13-8-9-16(18-11-13)10-14-6-4-5-7-15(14)12-17-2/h8-9,11,14-15,17H,3-7,10,12H2,1-2H3. The third kappa shape index (κ3) is 3.55. The van der Waals surface area contributed by atoms with Gasteiger partial charge in [0.15, 0.2) is 0 Å². The molecule has 0 spiro atoms. The summed E-state index contributed by atoms with van der Waals surface area (Å²) in [6.45, 7) is 3.35. The summed E-state index contributed by atoms with van der Waals surface area (Å²) in [6.07, 6.45) is 9.87. The van der Waals surface area contributed by atoms with Crippen LogP contribution in [-0.4, -0.2) is 18.6 Å². The van der Waals surface area contributed by atoms with Crippen molar-refractivity contribution in [1.82, 2.24) is 10.3 Å². The lowest BCUT2D eigenvalue weighted by Gasteiger charge is -2.31. The fourth-order valence-corrected chi connectivity index (χ4v) is 3.14. The van der Waals surface area contributed by atoms with E-state index in [1.807, 2.05) is 6.20 Å². The Labute approximate surface area is 111 Å². The van der Waals surface area contributed by atoms with Gasteiger partial charge in [0.05, 0.1) is 0 Å². The highest BCUT2D eigenvalue weighted by molar-refractivity contribution is 5.14. The predicted octanol–water partition coefficient (Wildman–Crippen LogP) is 3.21. The summed E-state index contributed by atoms with van der Waals surface area (Å²) in [5, 5.41) is 3.35. The molecule has 2 rings (SSSR count). The molecule has 1 aromatic heterocycles. The second-order valence-electron chi connectivity index (χ2n) is 5.58. The van der Waals surface area contributed by atoms with Gasteiger partial charge in [-0.05, 0) is 62.7 Å². The molecule has 2 unspecified atom stereocenters. The molecule has 0 saturated heterocycles. The Bertz CT molecular complexity index is 343. The molecule has 1 saturated carbocycles. The maximum atomic E-state index is 4.62. The van der Waals surface area contributed by atoms with E-state index in [0.717, 1.165) is 31.2 Å². The molecule has 0 aromatic carbocycles. The van der Waals surface area contributed by atoms with Crippen LogP contribution in [-0.2, 0) is 12.8 Å². The first kappa shape index (κ1) is 13.5. The summed E-state index contributed by atoms with van der Waals surface area (Å²) in [6, 6.07) is 4.46. The highest BCUT2D eigenvalue weighted by atomic mass is 14.8. The minimum atomic E-state index is 0.825. The van der Waals surface area contributed by atoms with E-state index in [9.17, 15) is 0 Å². The van der Waals surface area contributed by atoms with Gasteiger partial charge in [0.2, 0.25) is 0 Å². The monoisotopic (exact) mass is 246 g/mol. The van der Waals surface area contributed by atoms with Crippen molar-refractivity contribution in [3.8, 4) is 0 Å². The fraction of sp³-hybridized carbons (Fsp3) is 0.688. The molecule has 0 amide bonds. The van der Waals surface area contributed by atoms with E-state index in [4.69, 9.17) is 0 Å². The van der Waals surface area contributed by atoms with Gasteiger partial charge in [-0.25, -0.2) is 0 Å². The molecule has 2 atom stereocenters. The Morgan fingerprint density at radius 1 is 1.22 bits per heavy atom. The second-order valence-corrected chi connectivity index (χ2v) is 5.58. The van der Waals surface area contributed by atoms with E-state index in [1.165, 1.54) is 36.9 Å². The molecular formula is C16H26N2. The van der Waals surface area contributed by atoms with Crippen LogP contribution >= 0.6 is 0 Å². The van der Waals surface area contributed by atoms with Gasteiger partial charge in [0.1, 0.15) is 0 Å². The van der Waals surface area contributed by atoms with Crippen LogP contribution in [0, 0.1) is 11.8 Å². The fourth-order valence-electron chi connectivity index (χ4n) is 3.14. The summed E-state index contributed by atoms with van der Waals surface area (Å²) >= 11 is 0. The van der Waals surface area contributed by atoms with Gasteiger partial charge in [-0.15, -0.1) is 0 Å². The smallest absolute Gasteiger partial charge is 0.0406 e.